The van der Waals surface area contributed by atoms with E-state index >= 15 is 0 Å². The maximum Gasteiger partial charge on any atom is 0.287 e. The Morgan fingerprint density at radius 3 is 2.59 bits per heavy atom. The number of nitrogens with one attached hydrogen (secondary N) is 3. The molecule has 0 saturated heterocycles. The quantitative estimate of drug-likeness (QED) is 0.186. The van der Waals surface area contributed by atoms with Crippen LogP contribution in [-0.4, -0.2) is 44.7 Å². The van der Waals surface area contributed by atoms with Crippen LogP contribution in [0.5, 0.6) is 0 Å². The van der Waals surface area contributed by atoms with Gasteiger partial charge in [-0.3, -0.25) is 9.79 Å². The minimum Gasteiger partial charge on any atom is -0.459 e. The Kier molecular flexibility index (Phi) is 12.8. The van der Waals surface area contributed by atoms with Crippen LogP contribution in [0.1, 0.15) is 35.0 Å². The summed E-state index contributed by atoms with van der Waals surface area (Å²) in [6, 6.07) is 11.9. The zero-order valence-electron chi connectivity index (χ0n) is 17.1. The molecule has 1 amide bonds. The lowest BCUT2D eigenvalue weighted by Crippen LogP contribution is -2.39. The second-order valence-electron chi connectivity index (χ2n) is 6.27. The van der Waals surface area contributed by atoms with Gasteiger partial charge >= 0.3 is 0 Å². The number of halogens is 1. The van der Waals surface area contributed by atoms with E-state index in [2.05, 4.69) is 20.9 Å². The highest BCUT2D eigenvalue weighted by atomic mass is 127. The fourth-order valence-electron chi connectivity index (χ4n) is 2.51. The van der Waals surface area contributed by atoms with Gasteiger partial charge in [-0.05, 0) is 31.9 Å². The van der Waals surface area contributed by atoms with Crippen LogP contribution in [0.2, 0.25) is 0 Å². The fraction of sp³-hybridized carbons (Fsp3) is 0.429. The molecule has 160 valence electrons. The molecule has 3 N–H and O–H groups in total. The van der Waals surface area contributed by atoms with E-state index in [9.17, 15) is 4.79 Å². The highest BCUT2D eigenvalue weighted by Gasteiger charge is 2.11. The number of furan rings is 1. The summed E-state index contributed by atoms with van der Waals surface area (Å²) in [6.45, 7) is 7.68. The zero-order chi connectivity index (χ0) is 20.0. The van der Waals surface area contributed by atoms with E-state index < -0.39 is 0 Å². The van der Waals surface area contributed by atoms with E-state index in [-0.39, 0.29) is 29.9 Å². The van der Waals surface area contributed by atoms with Gasteiger partial charge in [0.25, 0.3) is 5.91 Å². The number of rotatable bonds is 11. The van der Waals surface area contributed by atoms with Crippen LogP contribution in [0.25, 0.3) is 0 Å². The van der Waals surface area contributed by atoms with E-state index in [4.69, 9.17) is 9.15 Å². The first-order valence-electron chi connectivity index (χ1n) is 9.67. The lowest BCUT2D eigenvalue weighted by molar-refractivity contribution is 0.0925. The van der Waals surface area contributed by atoms with Gasteiger partial charge in [-0.25, -0.2) is 0 Å². The number of hydrogen-bond donors (Lipinski definition) is 3. The van der Waals surface area contributed by atoms with Crippen LogP contribution in [0.4, 0.5) is 0 Å². The second-order valence-corrected chi connectivity index (χ2v) is 6.27. The molecule has 8 heteroatoms. The minimum atomic E-state index is -0.188. The molecule has 0 unspecified atom stereocenters. The minimum absolute atomic E-state index is 0. The summed E-state index contributed by atoms with van der Waals surface area (Å²) in [5, 5.41) is 9.29. The number of amides is 1. The topological polar surface area (TPSA) is 87.9 Å². The zero-order valence-corrected chi connectivity index (χ0v) is 19.4. The van der Waals surface area contributed by atoms with Gasteiger partial charge in [-0.1, -0.05) is 30.3 Å². The lowest BCUT2D eigenvalue weighted by atomic mass is 10.2. The molecular weight excluding hydrogens is 483 g/mol. The molecule has 0 radical (unpaired) electrons. The van der Waals surface area contributed by atoms with Crippen LogP contribution < -0.4 is 16.0 Å². The van der Waals surface area contributed by atoms with Crippen LogP contribution in [-0.2, 0) is 11.3 Å². The number of hydrogen-bond acceptors (Lipinski definition) is 4. The summed E-state index contributed by atoms with van der Waals surface area (Å²) in [4.78, 5) is 16.5. The molecule has 29 heavy (non-hydrogen) atoms. The van der Waals surface area contributed by atoms with Crippen molar-refractivity contribution in [3.05, 3.63) is 59.5 Å². The summed E-state index contributed by atoms with van der Waals surface area (Å²) in [5.41, 5.74) is 2.00. The molecule has 0 aliphatic carbocycles. The summed E-state index contributed by atoms with van der Waals surface area (Å²) in [5.74, 6) is 0.931. The summed E-state index contributed by atoms with van der Waals surface area (Å²) < 4.78 is 10.8. The standard InChI is InChI=1S/C21H30N4O3.HI/c1-3-22-21(25-13-15-27-16-18-8-5-4-6-9-18)24-12-7-11-23-20(26)19-17(2)10-14-28-19;/h4-6,8-10,14H,3,7,11-13,15-16H2,1-2H3,(H,23,26)(H2,22,24,25);1H. The molecule has 1 heterocycles. The van der Waals surface area contributed by atoms with Crippen molar-refractivity contribution in [2.75, 3.05) is 32.8 Å². The monoisotopic (exact) mass is 514 g/mol. The van der Waals surface area contributed by atoms with Crippen molar-refractivity contribution in [3.8, 4) is 0 Å². The Balaban J connectivity index is 0.00000420. The number of nitrogens with zero attached hydrogens (tertiary/aromatic N) is 1. The predicted octanol–water partition coefficient (Wildman–Crippen LogP) is 3.10. The molecule has 2 rings (SSSR count). The maximum absolute atomic E-state index is 12.0. The van der Waals surface area contributed by atoms with Gasteiger partial charge in [0, 0.05) is 31.7 Å². The van der Waals surface area contributed by atoms with E-state index in [1.54, 1.807) is 6.07 Å². The Morgan fingerprint density at radius 2 is 1.90 bits per heavy atom. The first-order chi connectivity index (χ1) is 13.7. The highest BCUT2D eigenvalue weighted by molar-refractivity contribution is 14.0. The third kappa shape index (κ3) is 9.80. The molecule has 0 aliphatic heterocycles. The number of benzene rings is 1. The van der Waals surface area contributed by atoms with Gasteiger partial charge in [-0.15, -0.1) is 24.0 Å². The number of aliphatic imine (C=N–C) groups is 1. The molecule has 1 aromatic heterocycles. The van der Waals surface area contributed by atoms with Gasteiger partial charge in [0.1, 0.15) is 0 Å². The molecule has 0 spiro atoms. The van der Waals surface area contributed by atoms with Crippen molar-refractivity contribution in [2.24, 2.45) is 4.99 Å². The lowest BCUT2D eigenvalue weighted by Gasteiger charge is -2.11. The summed E-state index contributed by atoms with van der Waals surface area (Å²) in [7, 11) is 0. The molecule has 0 fully saturated rings. The van der Waals surface area contributed by atoms with Gasteiger partial charge in [-0.2, -0.15) is 0 Å². The van der Waals surface area contributed by atoms with Gasteiger partial charge in [0.2, 0.25) is 0 Å². The maximum atomic E-state index is 12.0. The average Bonchev–Trinajstić information content (AvgIpc) is 3.14. The molecule has 2 aromatic rings. The van der Waals surface area contributed by atoms with Crippen molar-refractivity contribution < 1.29 is 13.9 Å². The van der Waals surface area contributed by atoms with Crippen LogP contribution in [0.15, 0.2) is 52.1 Å². The third-order valence-electron chi connectivity index (χ3n) is 3.95. The van der Waals surface area contributed by atoms with Gasteiger partial charge in [0.15, 0.2) is 11.7 Å². The molecule has 1 aromatic carbocycles. The number of ether oxygens (including phenoxy) is 1. The number of carbonyl (C=O) groups excluding carboxylic acids is 1. The number of carbonyl (C=O) groups is 1. The number of aryl methyl sites for hydroxylation is 1. The fourth-order valence-corrected chi connectivity index (χ4v) is 2.51. The van der Waals surface area contributed by atoms with Crippen molar-refractivity contribution in [1.29, 1.82) is 0 Å². The Labute approximate surface area is 189 Å². The van der Waals surface area contributed by atoms with Crippen molar-refractivity contribution in [2.45, 2.75) is 26.9 Å². The third-order valence-corrected chi connectivity index (χ3v) is 3.95. The molecule has 7 nitrogen and oxygen atoms in total. The molecule has 0 atom stereocenters. The summed E-state index contributed by atoms with van der Waals surface area (Å²) in [6.07, 6.45) is 2.26. The number of guanidine groups is 1. The second kappa shape index (κ2) is 14.9. The molecule has 0 bridgehead atoms. The van der Waals surface area contributed by atoms with Crippen molar-refractivity contribution in [1.82, 2.24) is 16.0 Å². The van der Waals surface area contributed by atoms with Crippen LogP contribution >= 0.6 is 24.0 Å². The van der Waals surface area contributed by atoms with Crippen molar-refractivity contribution in [3.63, 3.8) is 0 Å². The molecule has 0 saturated carbocycles. The first-order valence-corrected chi connectivity index (χ1v) is 9.67. The van der Waals surface area contributed by atoms with Gasteiger partial charge in [0.05, 0.1) is 19.5 Å². The van der Waals surface area contributed by atoms with E-state index in [0.717, 1.165) is 30.1 Å². The Hall–Kier alpha value is -2.07. The highest BCUT2D eigenvalue weighted by Crippen LogP contribution is 2.07. The van der Waals surface area contributed by atoms with Crippen LogP contribution in [0, 0.1) is 6.92 Å². The van der Waals surface area contributed by atoms with E-state index in [1.165, 1.54) is 6.26 Å². The van der Waals surface area contributed by atoms with Gasteiger partial charge < -0.3 is 25.1 Å². The Bertz CT molecular complexity index is 735. The van der Waals surface area contributed by atoms with Crippen LogP contribution in [0.3, 0.4) is 0 Å². The van der Waals surface area contributed by atoms with Crippen molar-refractivity contribution >= 4 is 35.8 Å². The normalized spacial score (nSPS) is 10.9. The smallest absolute Gasteiger partial charge is 0.287 e. The molecule has 0 aliphatic rings. The van der Waals surface area contributed by atoms with E-state index in [1.807, 2.05) is 44.2 Å². The molecular formula is C21H31IN4O3. The SMILES string of the molecule is CCNC(=NCCCNC(=O)c1occc1C)NCCOCc1ccccc1.I. The first kappa shape index (κ1) is 25.0. The largest absolute Gasteiger partial charge is 0.459 e. The van der Waals surface area contributed by atoms with E-state index in [0.29, 0.717) is 38.6 Å². The average molecular weight is 514 g/mol. The predicted molar refractivity (Wildman–Crippen MR) is 126 cm³/mol. The Morgan fingerprint density at radius 1 is 1.10 bits per heavy atom. The summed E-state index contributed by atoms with van der Waals surface area (Å²) >= 11 is 0.